The number of hydrogen-bond donors (Lipinski definition) is 0. The summed E-state index contributed by atoms with van der Waals surface area (Å²) in [4.78, 5) is 15.2. The summed E-state index contributed by atoms with van der Waals surface area (Å²) in [6, 6.07) is 7.00. The average Bonchev–Trinajstić information content (AvgIpc) is 2.40. The van der Waals surface area contributed by atoms with E-state index in [1.807, 2.05) is 12.1 Å². The molecule has 0 aromatic heterocycles. The van der Waals surface area contributed by atoms with Crippen LogP contribution in [0.25, 0.3) is 0 Å². The quantitative estimate of drug-likeness (QED) is 0.606. The molecule has 0 N–H and O–H groups in total. The molecule has 0 saturated carbocycles. The number of benzene rings is 1. The van der Waals surface area contributed by atoms with E-state index in [1.165, 1.54) is 0 Å². The van der Waals surface area contributed by atoms with Crippen molar-refractivity contribution >= 4 is 11.4 Å². The van der Waals surface area contributed by atoms with Gasteiger partial charge in [-0.15, -0.1) is 0 Å². The van der Waals surface area contributed by atoms with Gasteiger partial charge in [-0.1, -0.05) is 19.1 Å². The zero-order chi connectivity index (χ0) is 13.0. The molecule has 1 saturated heterocycles. The van der Waals surface area contributed by atoms with Crippen LogP contribution in [-0.2, 0) is 0 Å². The summed E-state index contributed by atoms with van der Waals surface area (Å²) in [5.74, 6) is 0. The van der Waals surface area contributed by atoms with E-state index < -0.39 is 0 Å². The van der Waals surface area contributed by atoms with Gasteiger partial charge < -0.3 is 4.90 Å². The van der Waals surface area contributed by atoms with E-state index in [4.69, 9.17) is 0 Å². The lowest BCUT2D eigenvalue weighted by Gasteiger charge is -2.35. The topological polar surface area (TPSA) is 49.6 Å². The number of piperazine rings is 1. The van der Waals surface area contributed by atoms with Crippen molar-refractivity contribution in [3.63, 3.8) is 0 Å². The largest absolute Gasteiger partial charge is 0.363 e. The lowest BCUT2D eigenvalue weighted by Crippen LogP contribution is -2.46. The molecule has 5 heteroatoms. The second kappa shape index (κ2) is 5.82. The molecule has 0 unspecified atom stereocenters. The highest BCUT2D eigenvalue weighted by atomic mass is 16.6. The second-order valence-electron chi connectivity index (χ2n) is 4.57. The molecule has 1 aromatic rings. The molecule has 18 heavy (non-hydrogen) atoms. The summed E-state index contributed by atoms with van der Waals surface area (Å²) < 4.78 is 0. The van der Waals surface area contributed by atoms with Crippen LogP contribution in [0, 0.1) is 10.1 Å². The minimum absolute atomic E-state index is 0.210. The maximum absolute atomic E-state index is 11.0. The van der Waals surface area contributed by atoms with Gasteiger partial charge in [0.05, 0.1) is 4.92 Å². The standard InChI is InChI=1S/C13H19N3O2/c1-2-7-14-8-10-15(11-9-14)12-5-3-4-6-13(12)16(17)18/h3-6H,2,7-11H2,1H3. The van der Waals surface area contributed by atoms with Gasteiger partial charge in [0.25, 0.3) is 5.69 Å². The van der Waals surface area contributed by atoms with E-state index in [0.29, 0.717) is 0 Å². The zero-order valence-electron chi connectivity index (χ0n) is 10.7. The van der Waals surface area contributed by atoms with E-state index in [0.717, 1.165) is 44.8 Å². The fourth-order valence-electron chi connectivity index (χ4n) is 2.41. The predicted octanol–water partition coefficient (Wildman–Crippen LogP) is 2.13. The van der Waals surface area contributed by atoms with Gasteiger partial charge in [0.1, 0.15) is 5.69 Å². The molecule has 0 radical (unpaired) electrons. The predicted molar refractivity (Wildman–Crippen MR) is 72.0 cm³/mol. The highest BCUT2D eigenvalue weighted by Gasteiger charge is 2.22. The molecule has 0 aliphatic carbocycles. The molecule has 98 valence electrons. The van der Waals surface area contributed by atoms with Crippen molar-refractivity contribution in [2.24, 2.45) is 0 Å². The van der Waals surface area contributed by atoms with Crippen LogP contribution in [0.2, 0.25) is 0 Å². The normalized spacial score (nSPS) is 16.8. The van der Waals surface area contributed by atoms with Crippen molar-refractivity contribution in [2.75, 3.05) is 37.6 Å². The Morgan fingerprint density at radius 3 is 2.50 bits per heavy atom. The van der Waals surface area contributed by atoms with Gasteiger partial charge in [-0.25, -0.2) is 0 Å². The van der Waals surface area contributed by atoms with Crippen molar-refractivity contribution < 1.29 is 4.92 Å². The zero-order valence-corrected chi connectivity index (χ0v) is 10.7. The van der Waals surface area contributed by atoms with E-state index >= 15 is 0 Å². The number of rotatable bonds is 4. The third-order valence-electron chi connectivity index (χ3n) is 3.33. The molecular formula is C13H19N3O2. The molecular weight excluding hydrogens is 230 g/mol. The van der Waals surface area contributed by atoms with Crippen molar-refractivity contribution in [2.45, 2.75) is 13.3 Å². The Labute approximate surface area is 107 Å². The third kappa shape index (κ3) is 2.79. The van der Waals surface area contributed by atoms with E-state index in [2.05, 4.69) is 16.7 Å². The van der Waals surface area contributed by atoms with Gasteiger partial charge >= 0.3 is 0 Å². The Balaban J connectivity index is 2.07. The number of para-hydroxylation sites is 2. The number of hydrogen-bond acceptors (Lipinski definition) is 4. The molecule has 0 bridgehead atoms. The molecule has 5 nitrogen and oxygen atoms in total. The second-order valence-corrected chi connectivity index (χ2v) is 4.57. The van der Waals surface area contributed by atoms with Crippen LogP contribution >= 0.6 is 0 Å². The van der Waals surface area contributed by atoms with Gasteiger partial charge in [0, 0.05) is 32.2 Å². The number of nitrogens with zero attached hydrogens (tertiary/aromatic N) is 3. The van der Waals surface area contributed by atoms with Crippen LogP contribution in [0.4, 0.5) is 11.4 Å². The van der Waals surface area contributed by atoms with Crippen molar-refractivity contribution in [3.05, 3.63) is 34.4 Å². The minimum Gasteiger partial charge on any atom is -0.363 e. The smallest absolute Gasteiger partial charge is 0.292 e. The number of nitro groups is 1. The van der Waals surface area contributed by atoms with Crippen molar-refractivity contribution in [1.29, 1.82) is 0 Å². The lowest BCUT2D eigenvalue weighted by molar-refractivity contribution is -0.384. The Bertz CT molecular complexity index is 414. The van der Waals surface area contributed by atoms with Gasteiger partial charge in [0.15, 0.2) is 0 Å². The van der Waals surface area contributed by atoms with Crippen molar-refractivity contribution in [3.8, 4) is 0 Å². The molecule has 1 aliphatic rings. The number of anilines is 1. The first kappa shape index (κ1) is 12.8. The van der Waals surface area contributed by atoms with Crippen LogP contribution in [-0.4, -0.2) is 42.5 Å². The van der Waals surface area contributed by atoms with Crippen LogP contribution in [0.5, 0.6) is 0 Å². The van der Waals surface area contributed by atoms with E-state index in [9.17, 15) is 10.1 Å². The molecule has 2 rings (SSSR count). The van der Waals surface area contributed by atoms with Crippen LogP contribution in [0.1, 0.15) is 13.3 Å². The summed E-state index contributed by atoms with van der Waals surface area (Å²) in [6.07, 6.45) is 1.16. The fraction of sp³-hybridized carbons (Fsp3) is 0.538. The molecule has 0 amide bonds. The van der Waals surface area contributed by atoms with Gasteiger partial charge in [-0.3, -0.25) is 15.0 Å². The molecule has 1 aliphatic heterocycles. The minimum atomic E-state index is -0.298. The highest BCUT2D eigenvalue weighted by Crippen LogP contribution is 2.28. The first-order chi connectivity index (χ1) is 8.72. The fourth-order valence-corrected chi connectivity index (χ4v) is 2.41. The maximum atomic E-state index is 11.0. The summed E-state index contributed by atoms with van der Waals surface area (Å²) >= 11 is 0. The molecule has 1 heterocycles. The average molecular weight is 249 g/mol. The SMILES string of the molecule is CCCN1CCN(c2ccccc2[N+](=O)[O-])CC1. The maximum Gasteiger partial charge on any atom is 0.292 e. The third-order valence-corrected chi connectivity index (χ3v) is 3.33. The van der Waals surface area contributed by atoms with Gasteiger partial charge in [-0.05, 0) is 19.0 Å². The monoisotopic (exact) mass is 249 g/mol. The molecule has 0 atom stereocenters. The van der Waals surface area contributed by atoms with Crippen molar-refractivity contribution in [1.82, 2.24) is 4.90 Å². The lowest BCUT2D eigenvalue weighted by atomic mass is 10.2. The first-order valence-corrected chi connectivity index (χ1v) is 6.43. The summed E-state index contributed by atoms with van der Waals surface area (Å²) in [7, 11) is 0. The van der Waals surface area contributed by atoms with Crippen LogP contribution < -0.4 is 4.90 Å². The van der Waals surface area contributed by atoms with E-state index in [-0.39, 0.29) is 10.6 Å². The molecule has 0 spiro atoms. The Hall–Kier alpha value is -1.62. The Morgan fingerprint density at radius 1 is 1.22 bits per heavy atom. The number of nitro benzene ring substituents is 1. The summed E-state index contributed by atoms with van der Waals surface area (Å²) in [6.45, 7) is 6.99. The highest BCUT2D eigenvalue weighted by molar-refractivity contribution is 5.63. The Morgan fingerprint density at radius 2 is 1.89 bits per heavy atom. The van der Waals surface area contributed by atoms with E-state index in [1.54, 1.807) is 12.1 Å². The van der Waals surface area contributed by atoms with Crippen LogP contribution in [0.3, 0.4) is 0 Å². The summed E-state index contributed by atoms with van der Waals surface area (Å²) in [5, 5.41) is 11.0. The first-order valence-electron chi connectivity index (χ1n) is 6.43. The van der Waals surface area contributed by atoms with Gasteiger partial charge in [-0.2, -0.15) is 0 Å². The Kier molecular flexibility index (Phi) is 4.15. The summed E-state index contributed by atoms with van der Waals surface area (Å²) in [5.41, 5.74) is 0.958. The van der Waals surface area contributed by atoms with Crippen LogP contribution in [0.15, 0.2) is 24.3 Å². The molecule has 1 aromatic carbocycles. The molecule has 1 fully saturated rings. The van der Waals surface area contributed by atoms with Gasteiger partial charge in [0.2, 0.25) is 0 Å².